The van der Waals surface area contributed by atoms with E-state index in [9.17, 15) is 9.00 Å². The number of hydrogen-bond acceptors (Lipinski definition) is 3. The minimum Gasteiger partial charge on any atom is -0.478 e. The number of H-pyrrole nitrogens is 1. The average Bonchev–Trinajstić information content (AvgIpc) is 2.59. The maximum Gasteiger partial charge on any atom is 0.335 e. The van der Waals surface area contributed by atoms with Gasteiger partial charge in [-0.2, -0.15) is 0 Å². The number of fused-ring (bicyclic) bond motifs is 1. The third-order valence-electron chi connectivity index (χ3n) is 1.87. The van der Waals surface area contributed by atoms with Crippen molar-refractivity contribution in [2.45, 2.75) is 5.16 Å². The minimum absolute atomic E-state index is 0.0902. The summed E-state index contributed by atoms with van der Waals surface area (Å²) in [5.41, 5.74) is 0.978. The number of hydrogen-bond donors (Lipinski definition) is 3. The highest BCUT2D eigenvalue weighted by atomic mass is 32.2. The van der Waals surface area contributed by atoms with Crippen LogP contribution in [0.5, 0.6) is 0 Å². The average molecular weight is 226 g/mol. The van der Waals surface area contributed by atoms with E-state index in [-0.39, 0.29) is 10.7 Å². The summed E-state index contributed by atoms with van der Waals surface area (Å²) in [5, 5.41) is 8.63. The van der Waals surface area contributed by atoms with Crippen molar-refractivity contribution in [3.63, 3.8) is 0 Å². The standard InChI is InChI=1S/C8H6N2O4S/c11-7(12)4-1-2-5-6(3-4)10-8(9-5)15(13)14/h1-3H,(H,9,10)(H,11,12)(H,13,14). The summed E-state index contributed by atoms with van der Waals surface area (Å²) < 4.78 is 19.5. The lowest BCUT2D eigenvalue weighted by Crippen LogP contribution is -1.94. The first-order chi connectivity index (χ1) is 7.08. The van der Waals surface area contributed by atoms with Gasteiger partial charge in [0.05, 0.1) is 16.6 Å². The Labute approximate surface area is 86.2 Å². The topological polar surface area (TPSA) is 103 Å². The summed E-state index contributed by atoms with van der Waals surface area (Å²) in [7, 11) is 0. The molecule has 15 heavy (non-hydrogen) atoms. The number of carboxylic acid groups (broad SMARTS) is 1. The molecule has 0 bridgehead atoms. The van der Waals surface area contributed by atoms with Crippen molar-refractivity contribution in [2.75, 3.05) is 0 Å². The molecule has 3 N–H and O–H groups in total. The zero-order chi connectivity index (χ0) is 11.0. The number of nitrogens with one attached hydrogen (secondary N) is 1. The number of aromatic nitrogens is 2. The Hall–Kier alpha value is -1.73. The Morgan fingerprint density at radius 2 is 2.20 bits per heavy atom. The van der Waals surface area contributed by atoms with E-state index in [4.69, 9.17) is 9.66 Å². The maximum atomic E-state index is 10.7. The van der Waals surface area contributed by atoms with Gasteiger partial charge in [-0.05, 0) is 18.2 Å². The van der Waals surface area contributed by atoms with Gasteiger partial charge >= 0.3 is 5.97 Å². The number of carbonyl (C=O) groups is 1. The summed E-state index contributed by atoms with van der Waals surface area (Å²) >= 11 is -2.19. The normalized spacial score (nSPS) is 12.9. The smallest absolute Gasteiger partial charge is 0.335 e. The summed E-state index contributed by atoms with van der Waals surface area (Å²) in [6, 6.07) is 4.22. The fourth-order valence-corrected chi connectivity index (χ4v) is 1.58. The molecule has 0 spiro atoms. The molecule has 2 rings (SSSR count). The molecule has 1 unspecified atom stereocenters. The van der Waals surface area contributed by atoms with E-state index in [0.717, 1.165) is 0 Å². The lowest BCUT2D eigenvalue weighted by molar-refractivity contribution is 0.0697. The van der Waals surface area contributed by atoms with Crippen LogP contribution in [0.25, 0.3) is 11.0 Å². The Balaban J connectivity index is 2.62. The van der Waals surface area contributed by atoms with Gasteiger partial charge in [0.25, 0.3) is 0 Å². The zero-order valence-electron chi connectivity index (χ0n) is 7.30. The lowest BCUT2D eigenvalue weighted by atomic mass is 10.2. The second-order valence-electron chi connectivity index (χ2n) is 2.83. The van der Waals surface area contributed by atoms with Crippen molar-refractivity contribution < 1.29 is 18.7 Å². The third-order valence-corrected chi connectivity index (χ3v) is 2.40. The van der Waals surface area contributed by atoms with E-state index < -0.39 is 17.0 Å². The summed E-state index contributed by atoms with van der Waals surface area (Å²) in [4.78, 5) is 17.0. The largest absolute Gasteiger partial charge is 0.478 e. The highest BCUT2D eigenvalue weighted by molar-refractivity contribution is 7.79. The molecule has 0 saturated carbocycles. The summed E-state index contributed by atoms with van der Waals surface area (Å²) in [6.07, 6.45) is 0. The Kier molecular flexibility index (Phi) is 2.25. The van der Waals surface area contributed by atoms with Crippen molar-refractivity contribution in [1.29, 1.82) is 0 Å². The molecule has 0 amide bonds. The van der Waals surface area contributed by atoms with Gasteiger partial charge < -0.3 is 10.1 Å². The minimum atomic E-state index is -2.19. The molecule has 0 saturated heterocycles. The van der Waals surface area contributed by atoms with Crippen LogP contribution in [0.2, 0.25) is 0 Å². The van der Waals surface area contributed by atoms with Gasteiger partial charge in [-0.1, -0.05) is 0 Å². The van der Waals surface area contributed by atoms with Gasteiger partial charge in [0.1, 0.15) is 0 Å². The quantitative estimate of drug-likeness (QED) is 0.658. The third kappa shape index (κ3) is 1.74. The second-order valence-corrected chi connectivity index (χ2v) is 3.71. The Morgan fingerprint density at radius 1 is 1.47 bits per heavy atom. The van der Waals surface area contributed by atoms with Crippen LogP contribution in [0, 0.1) is 0 Å². The molecule has 1 atom stereocenters. The molecule has 0 fully saturated rings. The molecular weight excluding hydrogens is 220 g/mol. The van der Waals surface area contributed by atoms with Crippen LogP contribution in [0.4, 0.5) is 0 Å². The molecule has 6 nitrogen and oxygen atoms in total. The fraction of sp³-hybridized carbons (Fsp3) is 0. The molecule has 1 aromatic heterocycles. The van der Waals surface area contributed by atoms with Crippen LogP contribution in [0.1, 0.15) is 10.4 Å². The SMILES string of the molecule is O=C(O)c1ccc2nc(S(=O)O)[nH]c2c1. The van der Waals surface area contributed by atoms with Crippen LogP contribution in [0.15, 0.2) is 23.4 Å². The molecule has 7 heteroatoms. The highest BCUT2D eigenvalue weighted by Gasteiger charge is 2.09. The first-order valence-electron chi connectivity index (χ1n) is 3.92. The zero-order valence-corrected chi connectivity index (χ0v) is 8.11. The molecule has 2 aromatic rings. The van der Waals surface area contributed by atoms with Crippen molar-refractivity contribution >= 4 is 28.1 Å². The summed E-state index contributed by atoms with van der Waals surface area (Å²) in [6.45, 7) is 0. The first kappa shape index (κ1) is 9.81. The van der Waals surface area contributed by atoms with E-state index in [2.05, 4.69) is 9.97 Å². The van der Waals surface area contributed by atoms with Crippen LogP contribution in [-0.2, 0) is 11.1 Å². The molecule has 0 aliphatic heterocycles. The molecular formula is C8H6N2O4S. The van der Waals surface area contributed by atoms with Gasteiger partial charge in [0, 0.05) is 0 Å². The number of nitrogens with zero attached hydrogens (tertiary/aromatic N) is 1. The van der Waals surface area contributed by atoms with E-state index in [0.29, 0.717) is 11.0 Å². The lowest BCUT2D eigenvalue weighted by Gasteiger charge is -1.92. The number of benzene rings is 1. The van der Waals surface area contributed by atoms with Gasteiger partial charge in [-0.15, -0.1) is 0 Å². The summed E-state index contributed by atoms with van der Waals surface area (Å²) in [5.74, 6) is -1.06. The number of imidazole rings is 1. The van der Waals surface area contributed by atoms with Crippen LogP contribution < -0.4 is 0 Å². The van der Waals surface area contributed by atoms with Gasteiger partial charge in [0.2, 0.25) is 16.2 Å². The van der Waals surface area contributed by atoms with E-state index in [1.807, 2.05) is 0 Å². The van der Waals surface area contributed by atoms with Crippen LogP contribution >= 0.6 is 0 Å². The van der Waals surface area contributed by atoms with Gasteiger partial charge in [-0.3, -0.25) is 4.55 Å². The monoisotopic (exact) mass is 226 g/mol. The van der Waals surface area contributed by atoms with Crippen molar-refractivity contribution in [3.8, 4) is 0 Å². The van der Waals surface area contributed by atoms with Gasteiger partial charge in [0.15, 0.2) is 0 Å². The first-order valence-corrected chi connectivity index (χ1v) is 5.02. The number of carboxylic acids is 1. The molecule has 0 radical (unpaired) electrons. The van der Waals surface area contributed by atoms with Crippen molar-refractivity contribution in [2.24, 2.45) is 0 Å². The van der Waals surface area contributed by atoms with E-state index in [1.165, 1.54) is 18.2 Å². The van der Waals surface area contributed by atoms with Crippen LogP contribution in [-0.4, -0.2) is 29.8 Å². The molecule has 0 aliphatic carbocycles. The van der Waals surface area contributed by atoms with E-state index in [1.54, 1.807) is 0 Å². The fourth-order valence-electron chi connectivity index (χ4n) is 1.20. The van der Waals surface area contributed by atoms with Crippen molar-refractivity contribution in [3.05, 3.63) is 23.8 Å². The number of rotatable bonds is 2. The molecule has 0 aliphatic rings. The predicted octanol–water partition coefficient (Wildman–Crippen LogP) is 0.842. The Morgan fingerprint density at radius 3 is 2.80 bits per heavy atom. The molecule has 1 heterocycles. The second kappa shape index (κ2) is 3.44. The van der Waals surface area contributed by atoms with Gasteiger partial charge in [-0.25, -0.2) is 14.0 Å². The number of aromatic amines is 1. The molecule has 1 aromatic carbocycles. The van der Waals surface area contributed by atoms with Crippen molar-refractivity contribution in [1.82, 2.24) is 9.97 Å². The Bertz CT molecular complexity index is 551. The number of aromatic carboxylic acids is 1. The predicted molar refractivity (Wildman–Crippen MR) is 52.1 cm³/mol. The van der Waals surface area contributed by atoms with Crippen LogP contribution in [0.3, 0.4) is 0 Å². The van der Waals surface area contributed by atoms with E-state index >= 15 is 0 Å². The maximum absolute atomic E-state index is 10.7. The molecule has 78 valence electrons. The highest BCUT2D eigenvalue weighted by Crippen LogP contribution is 2.14.